The van der Waals surface area contributed by atoms with E-state index in [1.807, 2.05) is 0 Å². The van der Waals surface area contributed by atoms with E-state index >= 15 is 0 Å². The van der Waals surface area contributed by atoms with Crippen LogP contribution in [0.15, 0.2) is 9.59 Å². The van der Waals surface area contributed by atoms with Gasteiger partial charge in [0.25, 0.3) is 5.56 Å². The summed E-state index contributed by atoms with van der Waals surface area (Å²) in [5.74, 6) is 0.827. The van der Waals surface area contributed by atoms with Gasteiger partial charge < -0.3 is 0 Å². The lowest BCUT2D eigenvalue weighted by atomic mass is 10.2. The Balaban J connectivity index is 2.68. The second-order valence-electron chi connectivity index (χ2n) is 4.19. The normalized spacial score (nSPS) is 11.1. The van der Waals surface area contributed by atoms with Crippen LogP contribution in [0, 0.1) is 0 Å². The van der Waals surface area contributed by atoms with Crippen molar-refractivity contribution in [2.24, 2.45) is 14.1 Å². The highest BCUT2D eigenvalue weighted by molar-refractivity contribution is 5.47. The third kappa shape index (κ3) is 2.03. The molecule has 2 aliphatic rings. The Morgan fingerprint density at radius 1 is 1.17 bits per heavy atom. The molecule has 0 fully saturated rings. The van der Waals surface area contributed by atoms with Gasteiger partial charge in [0.2, 0.25) is 0 Å². The molecule has 0 spiro atoms. The summed E-state index contributed by atoms with van der Waals surface area (Å²) in [4.78, 5) is 31.4. The van der Waals surface area contributed by atoms with Gasteiger partial charge in [0.05, 0.1) is 0 Å². The first-order chi connectivity index (χ1) is 8.54. The van der Waals surface area contributed by atoms with E-state index in [1.165, 1.54) is 11.7 Å². The molecule has 0 aromatic rings. The number of nitrogens with zero attached hydrogens (tertiary/aromatic N) is 5. The molecule has 0 saturated carbocycles. The number of aryl methyl sites for hydroxylation is 2. The fourth-order valence-corrected chi connectivity index (χ4v) is 1.70. The van der Waals surface area contributed by atoms with Gasteiger partial charge in [0.1, 0.15) is 5.82 Å². The Kier molecular flexibility index (Phi) is 3.22. The zero-order valence-electron chi connectivity index (χ0n) is 10.7. The predicted octanol–water partition coefficient (Wildman–Crippen LogP) is -0.284. The number of aromatic nitrogens is 5. The minimum atomic E-state index is -0.590. The minimum absolute atomic E-state index is 0.195. The van der Waals surface area contributed by atoms with Crippen LogP contribution in [-0.4, -0.2) is 24.3 Å². The van der Waals surface area contributed by atoms with Gasteiger partial charge in [-0.25, -0.2) is 14.5 Å². The molecule has 18 heavy (non-hydrogen) atoms. The summed E-state index contributed by atoms with van der Waals surface area (Å²) >= 11 is 0. The maximum atomic E-state index is 11.9. The minimum Gasteiger partial charge on any atom is -0.267 e. The zero-order valence-corrected chi connectivity index (χ0v) is 10.7. The molecule has 0 aromatic carbocycles. The van der Waals surface area contributed by atoms with E-state index in [4.69, 9.17) is 0 Å². The summed E-state index contributed by atoms with van der Waals surface area (Å²) in [7, 11) is 3.05. The zero-order chi connectivity index (χ0) is 13.3. The maximum Gasteiger partial charge on any atom is 0.352 e. The highest BCUT2D eigenvalue weighted by Crippen LogP contribution is 2.09. The summed E-state index contributed by atoms with van der Waals surface area (Å²) in [5, 5.41) is 4.21. The summed E-state index contributed by atoms with van der Waals surface area (Å²) in [5.41, 5.74) is -0.825. The molecular weight excluding hydrogens is 234 g/mol. The molecule has 0 aliphatic carbocycles. The SMILES string of the molecule is CCCCc1nc2c(=O)n(C)c(=O)nc-2n(C)n1. The molecule has 0 unspecified atom stereocenters. The Morgan fingerprint density at radius 2 is 1.89 bits per heavy atom. The number of rotatable bonds is 3. The Hall–Kier alpha value is -2.05. The first kappa shape index (κ1) is 12.4. The van der Waals surface area contributed by atoms with Gasteiger partial charge in [-0.05, 0) is 6.42 Å². The van der Waals surface area contributed by atoms with Crippen LogP contribution in [0.2, 0.25) is 0 Å². The predicted molar refractivity (Wildman–Crippen MR) is 65.5 cm³/mol. The van der Waals surface area contributed by atoms with Crippen molar-refractivity contribution in [3.63, 3.8) is 0 Å². The van der Waals surface area contributed by atoms with Crippen molar-refractivity contribution in [1.82, 2.24) is 24.3 Å². The Morgan fingerprint density at radius 3 is 2.56 bits per heavy atom. The third-order valence-electron chi connectivity index (χ3n) is 2.77. The molecule has 96 valence electrons. The quantitative estimate of drug-likeness (QED) is 0.747. The van der Waals surface area contributed by atoms with Crippen molar-refractivity contribution in [3.8, 4) is 11.5 Å². The molecule has 7 nitrogen and oxygen atoms in total. The Bertz CT molecular complexity index is 658. The molecule has 2 rings (SSSR count). The largest absolute Gasteiger partial charge is 0.352 e. The van der Waals surface area contributed by atoms with Crippen molar-refractivity contribution in [1.29, 1.82) is 0 Å². The van der Waals surface area contributed by atoms with Gasteiger partial charge in [-0.15, -0.1) is 0 Å². The average molecular weight is 249 g/mol. The summed E-state index contributed by atoms with van der Waals surface area (Å²) in [6.45, 7) is 2.07. The molecule has 2 heterocycles. The van der Waals surface area contributed by atoms with Crippen LogP contribution in [0.5, 0.6) is 0 Å². The van der Waals surface area contributed by atoms with E-state index in [0.29, 0.717) is 12.2 Å². The molecule has 0 atom stereocenters. The summed E-state index contributed by atoms with van der Waals surface area (Å²) < 4.78 is 2.40. The van der Waals surface area contributed by atoms with E-state index in [-0.39, 0.29) is 11.5 Å². The number of hydrogen-bond donors (Lipinski definition) is 0. The van der Waals surface area contributed by atoms with Gasteiger partial charge in [0, 0.05) is 20.5 Å². The van der Waals surface area contributed by atoms with Crippen molar-refractivity contribution in [3.05, 3.63) is 26.7 Å². The van der Waals surface area contributed by atoms with E-state index in [0.717, 1.165) is 17.4 Å². The standard InChI is InChI=1S/C11H15N5O2/c1-4-5-6-7-12-8-9(16(3)14-7)13-11(18)15(2)10(8)17/h4-6H2,1-3H3. The summed E-state index contributed by atoms with van der Waals surface area (Å²) in [6, 6.07) is 0. The summed E-state index contributed by atoms with van der Waals surface area (Å²) in [6.07, 6.45) is 2.70. The number of fused-ring (bicyclic) bond motifs is 1. The lowest BCUT2D eigenvalue weighted by molar-refractivity contribution is 0.628. The third-order valence-corrected chi connectivity index (χ3v) is 2.77. The second kappa shape index (κ2) is 4.67. The van der Waals surface area contributed by atoms with Crippen LogP contribution in [0.25, 0.3) is 11.5 Å². The lowest BCUT2D eigenvalue weighted by Gasteiger charge is -2.10. The van der Waals surface area contributed by atoms with Crippen LogP contribution in [0.1, 0.15) is 25.6 Å². The van der Waals surface area contributed by atoms with E-state index in [1.54, 1.807) is 7.05 Å². The fraction of sp³-hybridized carbons (Fsp3) is 0.545. The maximum absolute atomic E-state index is 11.9. The van der Waals surface area contributed by atoms with Crippen LogP contribution in [0.4, 0.5) is 0 Å². The number of unbranched alkanes of at least 4 members (excludes halogenated alkanes) is 1. The highest BCUT2D eigenvalue weighted by Gasteiger charge is 2.18. The van der Waals surface area contributed by atoms with Crippen molar-refractivity contribution in [2.75, 3.05) is 0 Å². The van der Waals surface area contributed by atoms with Gasteiger partial charge in [-0.3, -0.25) is 9.36 Å². The fourth-order valence-electron chi connectivity index (χ4n) is 1.70. The first-order valence-corrected chi connectivity index (χ1v) is 5.85. The van der Waals surface area contributed by atoms with Gasteiger partial charge in [0.15, 0.2) is 11.5 Å². The van der Waals surface area contributed by atoms with Crippen LogP contribution in [-0.2, 0) is 20.5 Å². The van der Waals surface area contributed by atoms with E-state index in [9.17, 15) is 9.59 Å². The topological polar surface area (TPSA) is 82.7 Å². The average Bonchev–Trinajstić information content (AvgIpc) is 2.35. The molecule has 7 heteroatoms. The monoisotopic (exact) mass is 249 g/mol. The van der Waals surface area contributed by atoms with Crippen LogP contribution < -0.4 is 11.2 Å². The molecule has 0 aromatic heterocycles. The van der Waals surface area contributed by atoms with E-state index < -0.39 is 11.2 Å². The molecule has 0 amide bonds. The second-order valence-corrected chi connectivity index (χ2v) is 4.19. The molecular formula is C11H15N5O2. The molecule has 0 N–H and O–H groups in total. The van der Waals surface area contributed by atoms with Crippen molar-refractivity contribution < 1.29 is 0 Å². The smallest absolute Gasteiger partial charge is 0.267 e. The van der Waals surface area contributed by atoms with Gasteiger partial charge in [-0.2, -0.15) is 10.1 Å². The molecule has 2 aliphatic heterocycles. The molecule has 0 saturated heterocycles. The molecule has 0 radical (unpaired) electrons. The Labute approximate surface area is 103 Å². The highest BCUT2D eigenvalue weighted by atomic mass is 16.2. The first-order valence-electron chi connectivity index (χ1n) is 5.85. The molecule has 0 bridgehead atoms. The lowest BCUT2D eigenvalue weighted by Crippen LogP contribution is -2.37. The van der Waals surface area contributed by atoms with E-state index in [2.05, 4.69) is 22.0 Å². The van der Waals surface area contributed by atoms with Gasteiger partial charge in [-0.1, -0.05) is 13.3 Å². The van der Waals surface area contributed by atoms with Crippen LogP contribution >= 0.6 is 0 Å². The van der Waals surface area contributed by atoms with Crippen molar-refractivity contribution >= 4 is 0 Å². The number of hydrogen-bond acceptors (Lipinski definition) is 5. The van der Waals surface area contributed by atoms with Gasteiger partial charge >= 0.3 is 5.69 Å². The van der Waals surface area contributed by atoms with Crippen LogP contribution in [0.3, 0.4) is 0 Å². The van der Waals surface area contributed by atoms with Crippen molar-refractivity contribution in [2.45, 2.75) is 26.2 Å².